The Labute approximate surface area is 109 Å². The van der Waals surface area contributed by atoms with E-state index in [1.165, 1.54) is 18.4 Å². The summed E-state index contributed by atoms with van der Waals surface area (Å²) in [5.41, 5.74) is 1.18. The van der Waals surface area contributed by atoms with Crippen molar-refractivity contribution in [3.05, 3.63) is 18.0 Å². The molecule has 1 aromatic heterocycles. The molecule has 0 aromatic carbocycles. The van der Waals surface area contributed by atoms with Crippen LogP contribution in [0.4, 0.5) is 0 Å². The van der Waals surface area contributed by atoms with Gasteiger partial charge in [-0.2, -0.15) is 5.10 Å². The van der Waals surface area contributed by atoms with Crippen LogP contribution in [-0.4, -0.2) is 40.8 Å². The van der Waals surface area contributed by atoms with E-state index in [1.807, 2.05) is 31.2 Å². The monoisotopic (exact) mass is 249 g/mol. The number of rotatable bonds is 2. The van der Waals surface area contributed by atoms with Gasteiger partial charge in [-0.05, 0) is 18.8 Å². The number of aromatic nitrogens is 2. The summed E-state index contributed by atoms with van der Waals surface area (Å²) in [5, 5.41) is 7.57. The fourth-order valence-corrected chi connectivity index (χ4v) is 2.30. The SMILES string of the molecule is CN=C(NCc1cnn(C)c1)N1CCC(C)CC1. The summed E-state index contributed by atoms with van der Waals surface area (Å²) in [6, 6.07) is 0. The molecule has 1 fully saturated rings. The van der Waals surface area contributed by atoms with Gasteiger partial charge in [-0.1, -0.05) is 6.92 Å². The molecule has 0 atom stereocenters. The Kier molecular flexibility index (Phi) is 4.23. The molecule has 0 aliphatic carbocycles. The van der Waals surface area contributed by atoms with Crippen molar-refractivity contribution in [2.45, 2.75) is 26.3 Å². The molecular formula is C13H23N5. The van der Waals surface area contributed by atoms with E-state index in [2.05, 4.69) is 27.2 Å². The maximum absolute atomic E-state index is 4.36. The molecule has 1 aliphatic rings. The van der Waals surface area contributed by atoms with Crippen molar-refractivity contribution in [1.29, 1.82) is 0 Å². The van der Waals surface area contributed by atoms with E-state index in [-0.39, 0.29) is 0 Å². The van der Waals surface area contributed by atoms with Gasteiger partial charge in [0.1, 0.15) is 0 Å². The highest BCUT2D eigenvalue weighted by molar-refractivity contribution is 5.79. The minimum Gasteiger partial charge on any atom is -0.352 e. The number of aliphatic imine (C=N–C) groups is 1. The van der Waals surface area contributed by atoms with Crippen LogP contribution in [-0.2, 0) is 13.6 Å². The molecule has 0 amide bonds. The van der Waals surface area contributed by atoms with Gasteiger partial charge < -0.3 is 10.2 Å². The molecule has 18 heavy (non-hydrogen) atoms. The van der Waals surface area contributed by atoms with Gasteiger partial charge in [-0.3, -0.25) is 9.67 Å². The number of aryl methyl sites for hydroxylation is 1. The van der Waals surface area contributed by atoms with Crippen LogP contribution in [0.15, 0.2) is 17.4 Å². The third-order valence-electron chi connectivity index (χ3n) is 3.50. The number of likely N-dealkylation sites (tertiary alicyclic amines) is 1. The van der Waals surface area contributed by atoms with Crippen LogP contribution in [0.5, 0.6) is 0 Å². The van der Waals surface area contributed by atoms with Crippen molar-refractivity contribution in [3.63, 3.8) is 0 Å². The molecule has 2 heterocycles. The second-order valence-corrected chi connectivity index (χ2v) is 5.09. The van der Waals surface area contributed by atoms with Crippen molar-refractivity contribution in [2.24, 2.45) is 18.0 Å². The highest BCUT2D eigenvalue weighted by atomic mass is 15.3. The maximum Gasteiger partial charge on any atom is 0.193 e. The molecule has 5 heteroatoms. The lowest BCUT2D eigenvalue weighted by Gasteiger charge is -2.32. The fourth-order valence-electron chi connectivity index (χ4n) is 2.30. The Morgan fingerprint density at radius 1 is 1.50 bits per heavy atom. The normalized spacial score (nSPS) is 18.2. The average molecular weight is 249 g/mol. The van der Waals surface area contributed by atoms with E-state index in [9.17, 15) is 0 Å². The predicted molar refractivity (Wildman–Crippen MR) is 73.4 cm³/mol. The summed E-state index contributed by atoms with van der Waals surface area (Å²) in [6.45, 7) is 5.32. The molecule has 1 N–H and O–H groups in total. The van der Waals surface area contributed by atoms with Gasteiger partial charge in [0.15, 0.2) is 5.96 Å². The summed E-state index contributed by atoms with van der Waals surface area (Å²) in [5.74, 6) is 1.85. The lowest BCUT2D eigenvalue weighted by Crippen LogP contribution is -2.45. The van der Waals surface area contributed by atoms with Crippen LogP contribution in [0.3, 0.4) is 0 Å². The Morgan fingerprint density at radius 3 is 2.78 bits per heavy atom. The molecule has 1 aromatic rings. The molecule has 1 saturated heterocycles. The molecule has 100 valence electrons. The summed E-state index contributed by atoms with van der Waals surface area (Å²) in [4.78, 5) is 6.71. The molecule has 2 rings (SSSR count). The third-order valence-corrected chi connectivity index (χ3v) is 3.50. The summed E-state index contributed by atoms with van der Waals surface area (Å²) in [7, 11) is 3.79. The second-order valence-electron chi connectivity index (χ2n) is 5.09. The van der Waals surface area contributed by atoms with Gasteiger partial charge in [0.05, 0.1) is 6.20 Å². The zero-order valence-electron chi connectivity index (χ0n) is 11.6. The van der Waals surface area contributed by atoms with Crippen molar-refractivity contribution < 1.29 is 0 Å². The smallest absolute Gasteiger partial charge is 0.193 e. The van der Waals surface area contributed by atoms with E-state index >= 15 is 0 Å². The Hall–Kier alpha value is -1.52. The third kappa shape index (κ3) is 3.24. The first-order chi connectivity index (χ1) is 8.69. The van der Waals surface area contributed by atoms with E-state index in [4.69, 9.17) is 0 Å². The molecular weight excluding hydrogens is 226 g/mol. The van der Waals surface area contributed by atoms with Gasteiger partial charge in [0.25, 0.3) is 0 Å². The summed E-state index contributed by atoms with van der Waals surface area (Å²) >= 11 is 0. The molecule has 0 spiro atoms. The zero-order valence-corrected chi connectivity index (χ0v) is 11.6. The number of nitrogens with zero attached hydrogens (tertiary/aromatic N) is 4. The van der Waals surface area contributed by atoms with E-state index in [1.54, 1.807) is 0 Å². The van der Waals surface area contributed by atoms with E-state index < -0.39 is 0 Å². The summed E-state index contributed by atoms with van der Waals surface area (Å²) < 4.78 is 1.82. The Balaban J connectivity index is 1.86. The minimum atomic E-state index is 0.784. The summed E-state index contributed by atoms with van der Waals surface area (Å²) in [6.07, 6.45) is 6.43. The van der Waals surface area contributed by atoms with Crippen LogP contribution in [0.1, 0.15) is 25.3 Å². The molecule has 0 radical (unpaired) electrons. The van der Waals surface area contributed by atoms with Crippen molar-refractivity contribution in [2.75, 3.05) is 20.1 Å². The topological polar surface area (TPSA) is 45.5 Å². The van der Waals surface area contributed by atoms with E-state index in [0.29, 0.717) is 0 Å². The van der Waals surface area contributed by atoms with Crippen molar-refractivity contribution in [1.82, 2.24) is 20.0 Å². The fraction of sp³-hybridized carbons (Fsp3) is 0.692. The first-order valence-corrected chi connectivity index (χ1v) is 6.62. The predicted octanol–water partition coefficient (Wildman–Crippen LogP) is 1.23. The highest BCUT2D eigenvalue weighted by Gasteiger charge is 2.18. The molecule has 0 unspecified atom stereocenters. The Morgan fingerprint density at radius 2 is 2.22 bits per heavy atom. The number of piperidine rings is 1. The lowest BCUT2D eigenvalue weighted by atomic mass is 10.00. The highest BCUT2D eigenvalue weighted by Crippen LogP contribution is 2.15. The Bertz CT molecular complexity index is 401. The van der Waals surface area contributed by atoms with Gasteiger partial charge in [0.2, 0.25) is 0 Å². The van der Waals surface area contributed by atoms with E-state index in [0.717, 1.165) is 31.5 Å². The van der Waals surface area contributed by atoms with Crippen molar-refractivity contribution >= 4 is 5.96 Å². The van der Waals surface area contributed by atoms with Crippen LogP contribution >= 0.6 is 0 Å². The first kappa shape index (κ1) is 12.9. The van der Waals surface area contributed by atoms with Gasteiger partial charge >= 0.3 is 0 Å². The van der Waals surface area contributed by atoms with Crippen LogP contribution in [0.25, 0.3) is 0 Å². The second kappa shape index (κ2) is 5.89. The zero-order chi connectivity index (χ0) is 13.0. The number of hydrogen-bond donors (Lipinski definition) is 1. The average Bonchev–Trinajstić information content (AvgIpc) is 2.78. The standard InChI is InChI=1S/C13H23N5/c1-11-4-6-18(7-5-11)13(14-2)15-8-12-9-16-17(3)10-12/h9-11H,4-8H2,1-3H3,(H,14,15). The molecule has 1 aliphatic heterocycles. The quantitative estimate of drug-likeness (QED) is 0.633. The van der Waals surface area contributed by atoms with Gasteiger partial charge in [-0.15, -0.1) is 0 Å². The van der Waals surface area contributed by atoms with Crippen molar-refractivity contribution in [3.8, 4) is 0 Å². The lowest BCUT2D eigenvalue weighted by molar-refractivity contribution is 0.273. The number of guanidine groups is 1. The molecule has 0 saturated carbocycles. The number of hydrogen-bond acceptors (Lipinski definition) is 2. The maximum atomic E-state index is 4.36. The molecule has 0 bridgehead atoms. The van der Waals surface area contributed by atoms with Crippen LogP contribution in [0, 0.1) is 5.92 Å². The van der Waals surface area contributed by atoms with Gasteiger partial charge in [-0.25, -0.2) is 0 Å². The number of nitrogens with one attached hydrogen (secondary N) is 1. The van der Waals surface area contributed by atoms with Crippen LogP contribution in [0.2, 0.25) is 0 Å². The molecule has 5 nitrogen and oxygen atoms in total. The van der Waals surface area contributed by atoms with Gasteiger partial charge in [0, 0.05) is 45.5 Å². The first-order valence-electron chi connectivity index (χ1n) is 6.62. The van der Waals surface area contributed by atoms with Crippen LogP contribution < -0.4 is 5.32 Å². The minimum absolute atomic E-state index is 0.784. The largest absolute Gasteiger partial charge is 0.352 e.